The SMILES string of the molecule is Cc1ccccc1CCNC(=O)[C@H]1COc2ccccc2O1. The predicted octanol–water partition coefficient (Wildman–Crippen LogP) is 2.49. The summed E-state index contributed by atoms with van der Waals surface area (Å²) in [5.41, 5.74) is 2.48. The summed E-state index contributed by atoms with van der Waals surface area (Å²) in [6.45, 7) is 2.91. The molecule has 0 saturated carbocycles. The van der Waals surface area contributed by atoms with Crippen LogP contribution >= 0.6 is 0 Å². The van der Waals surface area contributed by atoms with E-state index in [9.17, 15) is 4.79 Å². The quantitative estimate of drug-likeness (QED) is 0.943. The Kier molecular flexibility index (Phi) is 4.28. The lowest BCUT2D eigenvalue weighted by Crippen LogP contribution is -2.44. The molecule has 1 N–H and O–H groups in total. The molecule has 4 nitrogen and oxygen atoms in total. The van der Waals surface area contributed by atoms with E-state index in [-0.39, 0.29) is 12.5 Å². The molecule has 1 heterocycles. The van der Waals surface area contributed by atoms with E-state index < -0.39 is 6.10 Å². The molecule has 0 unspecified atom stereocenters. The molecule has 0 aromatic heterocycles. The maximum absolute atomic E-state index is 12.2. The van der Waals surface area contributed by atoms with Crippen LogP contribution < -0.4 is 14.8 Å². The predicted molar refractivity (Wildman–Crippen MR) is 84.2 cm³/mol. The molecular formula is C18H19NO3. The van der Waals surface area contributed by atoms with Crippen LogP contribution in [0.25, 0.3) is 0 Å². The Labute approximate surface area is 130 Å². The molecule has 0 aliphatic carbocycles. The number of nitrogens with one attached hydrogen (secondary N) is 1. The normalized spacial score (nSPS) is 16.1. The number of para-hydroxylation sites is 2. The van der Waals surface area contributed by atoms with Gasteiger partial charge in [0.2, 0.25) is 6.10 Å². The van der Waals surface area contributed by atoms with Crippen molar-refractivity contribution >= 4 is 5.91 Å². The van der Waals surface area contributed by atoms with E-state index in [0.717, 1.165) is 6.42 Å². The number of ether oxygens (including phenoxy) is 2. The highest BCUT2D eigenvalue weighted by Gasteiger charge is 2.26. The van der Waals surface area contributed by atoms with Crippen molar-refractivity contribution in [3.8, 4) is 11.5 Å². The number of amides is 1. The number of rotatable bonds is 4. The molecule has 0 bridgehead atoms. The zero-order valence-electron chi connectivity index (χ0n) is 12.5. The van der Waals surface area contributed by atoms with Gasteiger partial charge in [0.1, 0.15) is 6.61 Å². The van der Waals surface area contributed by atoms with Crippen molar-refractivity contribution in [3.05, 3.63) is 59.7 Å². The van der Waals surface area contributed by atoms with E-state index in [2.05, 4.69) is 24.4 Å². The van der Waals surface area contributed by atoms with Crippen LogP contribution in [0.1, 0.15) is 11.1 Å². The topological polar surface area (TPSA) is 47.6 Å². The molecule has 4 heteroatoms. The Hall–Kier alpha value is -2.49. The van der Waals surface area contributed by atoms with Gasteiger partial charge in [-0.1, -0.05) is 36.4 Å². The van der Waals surface area contributed by atoms with Gasteiger partial charge in [0.25, 0.3) is 5.91 Å². The lowest BCUT2D eigenvalue weighted by atomic mass is 10.1. The fraction of sp³-hybridized carbons (Fsp3) is 0.278. The number of fused-ring (bicyclic) bond motifs is 1. The van der Waals surface area contributed by atoms with Gasteiger partial charge in [-0.05, 0) is 36.6 Å². The molecule has 0 spiro atoms. The maximum atomic E-state index is 12.2. The van der Waals surface area contributed by atoms with Crippen LogP contribution in [0, 0.1) is 6.92 Å². The molecule has 3 rings (SSSR count). The molecule has 1 aliphatic heterocycles. The molecule has 1 amide bonds. The summed E-state index contributed by atoms with van der Waals surface area (Å²) in [5.74, 6) is 1.17. The van der Waals surface area contributed by atoms with Gasteiger partial charge in [-0.25, -0.2) is 0 Å². The third-order valence-corrected chi connectivity index (χ3v) is 3.76. The highest BCUT2D eigenvalue weighted by atomic mass is 16.6. The van der Waals surface area contributed by atoms with E-state index >= 15 is 0 Å². The third-order valence-electron chi connectivity index (χ3n) is 3.76. The summed E-state index contributed by atoms with van der Waals surface area (Å²) in [6.07, 6.45) is 0.217. The minimum atomic E-state index is -0.591. The minimum absolute atomic E-state index is 0.136. The first-order chi connectivity index (χ1) is 10.7. The standard InChI is InChI=1S/C18H19NO3/c1-13-6-2-3-7-14(13)10-11-19-18(20)17-12-21-15-8-4-5-9-16(15)22-17/h2-9,17H,10-12H2,1H3,(H,19,20)/t17-/m1/s1. The summed E-state index contributed by atoms with van der Waals surface area (Å²) in [7, 11) is 0. The molecule has 0 radical (unpaired) electrons. The van der Waals surface area contributed by atoms with Gasteiger partial charge in [-0.15, -0.1) is 0 Å². The van der Waals surface area contributed by atoms with Crippen molar-refractivity contribution in [2.45, 2.75) is 19.4 Å². The Morgan fingerprint density at radius 1 is 1.14 bits per heavy atom. The first kappa shape index (κ1) is 14.4. The Morgan fingerprint density at radius 3 is 2.68 bits per heavy atom. The van der Waals surface area contributed by atoms with Crippen molar-refractivity contribution in [2.75, 3.05) is 13.2 Å². The average Bonchev–Trinajstić information content (AvgIpc) is 2.56. The number of hydrogen-bond donors (Lipinski definition) is 1. The molecule has 1 aliphatic rings. The summed E-state index contributed by atoms with van der Waals surface area (Å²) in [6, 6.07) is 15.6. The molecule has 2 aromatic carbocycles. The summed E-state index contributed by atoms with van der Waals surface area (Å²) < 4.78 is 11.2. The number of aryl methyl sites for hydroxylation is 1. The summed E-state index contributed by atoms with van der Waals surface area (Å²) in [5, 5.41) is 2.91. The van der Waals surface area contributed by atoms with Gasteiger partial charge in [0.05, 0.1) is 0 Å². The monoisotopic (exact) mass is 297 g/mol. The van der Waals surface area contributed by atoms with Crippen molar-refractivity contribution < 1.29 is 14.3 Å². The largest absolute Gasteiger partial charge is 0.485 e. The minimum Gasteiger partial charge on any atom is -0.485 e. The second kappa shape index (κ2) is 6.52. The molecule has 0 fully saturated rings. The lowest BCUT2D eigenvalue weighted by Gasteiger charge is -2.25. The number of hydrogen-bond acceptors (Lipinski definition) is 3. The van der Waals surface area contributed by atoms with Gasteiger partial charge >= 0.3 is 0 Å². The molecule has 22 heavy (non-hydrogen) atoms. The number of benzene rings is 2. The van der Waals surface area contributed by atoms with Crippen molar-refractivity contribution in [2.24, 2.45) is 0 Å². The summed E-state index contributed by atoms with van der Waals surface area (Å²) in [4.78, 5) is 12.2. The second-order valence-corrected chi connectivity index (χ2v) is 5.33. The van der Waals surface area contributed by atoms with Crippen molar-refractivity contribution in [1.29, 1.82) is 0 Å². The number of carbonyl (C=O) groups is 1. The fourth-order valence-corrected chi connectivity index (χ4v) is 2.47. The maximum Gasteiger partial charge on any atom is 0.264 e. The van der Waals surface area contributed by atoms with Crippen LogP contribution in [-0.4, -0.2) is 25.2 Å². The van der Waals surface area contributed by atoms with E-state index in [4.69, 9.17) is 9.47 Å². The molecule has 0 saturated heterocycles. The van der Waals surface area contributed by atoms with Gasteiger partial charge in [0.15, 0.2) is 11.5 Å². The van der Waals surface area contributed by atoms with Gasteiger partial charge in [-0.3, -0.25) is 4.79 Å². The molecule has 2 aromatic rings. The van der Waals surface area contributed by atoms with E-state index in [1.165, 1.54) is 11.1 Å². The van der Waals surface area contributed by atoms with Crippen LogP contribution in [0.4, 0.5) is 0 Å². The molecule has 114 valence electrons. The van der Waals surface area contributed by atoms with Gasteiger partial charge in [0, 0.05) is 6.54 Å². The number of carbonyl (C=O) groups excluding carboxylic acids is 1. The Balaban J connectivity index is 1.52. The van der Waals surface area contributed by atoms with Crippen LogP contribution in [0.3, 0.4) is 0 Å². The van der Waals surface area contributed by atoms with Crippen LogP contribution in [-0.2, 0) is 11.2 Å². The Morgan fingerprint density at radius 2 is 1.86 bits per heavy atom. The van der Waals surface area contributed by atoms with Crippen LogP contribution in [0.15, 0.2) is 48.5 Å². The van der Waals surface area contributed by atoms with E-state index in [1.807, 2.05) is 36.4 Å². The first-order valence-corrected chi connectivity index (χ1v) is 7.45. The summed E-state index contributed by atoms with van der Waals surface area (Å²) >= 11 is 0. The highest BCUT2D eigenvalue weighted by Crippen LogP contribution is 2.30. The van der Waals surface area contributed by atoms with E-state index in [1.54, 1.807) is 0 Å². The molecular weight excluding hydrogens is 278 g/mol. The van der Waals surface area contributed by atoms with Crippen molar-refractivity contribution in [3.63, 3.8) is 0 Å². The van der Waals surface area contributed by atoms with E-state index in [0.29, 0.717) is 18.0 Å². The highest BCUT2D eigenvalue weighted by molar-refractivity contribution is 5.81. The van der Waals surface area contributed by atoms with Crippen LogP contribution in [0.2, 0.25) is 0 Å². The average molecular weight is 297 g/mol. The third kappa shape index (κ3) is 3.22. The van der Waals surface area contributed by atoms with Crippen LogP contribution in [0.5, 0.6) is 11.5 Å². The van der Waals surface area contributed by atoms with Gasteiger partial charge in [-0.2, -0.15) is 0 Å². The fourth-order valence-electron chi connectivity index (χ4n) is 2.47. The zero-order valence-corrected chi connectivity index (χ0v) is 12.5. The van der Waals surface area contributed by atoms with Gasteiger partial charge < -0.3 is 14.8 Å². The lowest BCUT2D eigenvalue weighted by molar-refractivity contribution is -0.130. The molecule has 1 atom stereocenters. The second-order valence-electron chi connectivity index (χ2n) is 5.33. The Bertz CT molecular complexity index is 669. The smallest absolute Gasteiger partial charge is 0.264 e. The van der Waals surface area contributed by atoms with Crippen molar-refractivity contribution in [1.82, 2.24) is 5.32 Å². The first-order valence-electron chi connectivity index (χ1n) is 7.45. The zero-order chi connectivity index (χ0) is 15.4.